The fourth-order valence-corrected chi connectivity index (χ4v) is 5.65. The SMILES string of the molecule is COc1cccc(COc2cc(-c3nc4ccccc4n3C(Oc3cc(-c4nc5ccccc5[nH]4)[nH]n3)C(=O)c3ccc(C)cc3)[nH]n2)c1. The van der Waals surface area contributed by atoms with Crippen molar-refractivity contribution in [2.75, 3.05) is 7.11 Å². The second kappa shape index (κ2) is 12.5. The Hall–Kier alpha value is -6.69. The number of fused-ring (bicyclic) bond motifs is 2. The summed E-state index contributed by atoms with van der Waals surface area (Å²) in [7, 11) is 1.62. The van der Waals surface area contributed by atoms with E-state index in [0.29, 0.717) is 45.5 Å². The van der Waals surface area contributed by atoms with E-state index in [4.69, 9.17) is 19.2 Å². The van der Waals surface area contributed by atoms with E-state index in [1.54, 1.807) is 35.9 Å². The smallest absolute Gasteiger partial charge is 0.243 e. The number of rotatable bonds is 11. The monoisotopic (exact) mass is 650 g/mol. The first-order valence-electron chi connectivity index (χ1n) is 15.6. The second-order valence-electron chi connectivity index (χ2n) is 11.5. The Morgan fingerprint density at radius 3 is 2.39 bits per heavy atom. The maximum Gasteiger partial charge on any atom is 0.243 e. The summed E-state index contributed by atoms with van der Waals surface area (Å²) in [5.41, 5.74) is 6.64. The lowest BCUT2D eigenvalue weighted by Crippen LogP contribution is -2.26. The molecule has 0 bridgehead atoms. The molecule has 0 saturated carbocycles. The molecule has 8 rings (SSSR count). The molecular weight excluding hydrogens is 620 g/mol. The average Bonchev–Trinajstić information content (AvgIpc) is 3.95. The summed E-state index contributed by atoms with van der Waals surface area (Å²) < 4.78 is 19.6. The van der Waals surface area contributed by atoms with Crippen LogP contribution in [0.3, 0.4) is 0 Å². The van der Waals surface area contributed by atoms with Crippen LogP contribution in [0.1, 0.15) is 27.7 Å². The number of para-hydroxylation sites is 4. The van der Waals surface area contributed by atoms with Crippen LogP contribution in [0, 0.1) is 6.92 Å². The molecule has 12 nitrogen and oxygen atoms in total. The van der Waals surface area contributed by atoms with Crippen molar-refractivity contribution in [3.8, 4) is 40.5 Å². The van der Waals surface area contributed by atoms with E-state index in [1.807, 2.05) is 91.9 Å². The molecule has 8 aromatic rings. The topological polar surface area (TPSA) is 149 Å². The number of carbonyl (C=O) groups is 1. The zero-order chi connectivity index (χ0) is 33.3. The molecule has 0 fully saturated rings. The standard InChI is InChI=1S/C37H30N8O4/c1-22-14-16-24(17-15-22)34(46)37(49-33-19-29(41-44-33)35-38-26-10-3-4-11-27(26)39-35)45-31-13-6-5-12-28(31)40-36(45)30-20-32(43-42-30)48-21-23-8-7-9-25(18-23)47-2/h3-20,37H,21H2,1-2H3,(H,38,39)(H,41,44)(H,42,43). The predicted molar refractivity (Wildman–Crippen MR) is 183 cm³/mol. The maximum atomic E-state index is 14.4. The largest absolute Gasteiger partial charge is 0.497 e. The molecule has 0 radical (unpaired) electrons. The number of carbonyl (C=O) groups excluding carboxylic acids is 1. The third kappa shape index (κ3) is 5.87. The molecule has 4 aromatic heterocycles. The van der Waals surface area contributed by atoms with Crippen molar-refractivity contribution in [1.29, 1.82) is 0 Å². The Kier molecular flexibility index (Phi) is 7.57. The predicted octanol–water partition coefficient (Wildman–Crippen LogP) is 7.05. The Bertz CT molecular complexity index is 2390. The fourth-order valence-electron chi connectivity index (χ4n) is 5.65. The van der Waals surface area contributed by atoms with Crippen molar-refractivity contribution in [2.24, 2.45) is 0 Å². The van der Waals surface area contributed by atoms with Gasteiger partial charge in [0, 0.05) is 17.7 Å². The van der Waals surface area contributed by atoms with Crippen LogP contribution < -0.4 is 14.2 Å². The van der Waals surface area contributed by atoms with Gasteiger partial charge in [0.1, 0.15) is 23.7 Å². The number of Topliss-reactive ketones (excluding diaryl/α,β-unsaturated/α-hetero) is 1. The first kappa shape index (κ1) is 29.7. The van der Waals surface area contributed by atoms with Gasteiger partial charge < -0.3 is 19.2 Å². The van der Waals surface area contributed by atoms with Gasteiger partial charge in [0.25, 0.3) is 0 Å². The number of hydrogen-bond acceptors (Lipinski definition) is 8. The molecule has 0 aliphatic carbocycles. The lowest BCUT2D eigenvalue weighted by molar-refractivity contribution is 0.0654. The molecule has 242 valence electrons. The summed E-state index contributed by atoms with van der Waals surface area (Å²) in [6.07, 6.45) is -1.19. The van der Waals surface area contributed by atoms with Crippen molar-refractivity contribution < 1.29 is 19.0 Å². The molecule has 0 spiro atoms. The highest BCUT2D eigenvalue weighted by Gasteiger charge is 2.31. The van der Waals surface area contributed by atoms with Crippen LogP contribution >= 0.6 is 0 Å². The first-order chi connectivity index (χ1) is 24.0. The molecule has 1 unspecified atom stereocenters. The lowest BCUT2D eigenvalue weighted by Gasteiger charge is -2.21. The molecule has 0 amide bonds. The van der Waals surface area contributed by atoms with Gasteiger partial charge >= 0.3 is 0 Å². The minimum Gasteiger partial charge on any atom is -0.497 e. The Morgan fingerprint density at radius 2 is 1.55 bits per heavy atom. The van der Waals surface area contributed by atoms with Crippen LogP contribution in [-0.2, 0) is 6.61 Å². The number of imidazole rings is 2. The number of benzene rings is 4. The molecule has 3 N–H and O–H groups in total. The van der Waals surface area contributed by atoms with Crippen LogP contribution in [0.2, 0.25) is 0 Å². The number of nitrogens with one attached hydrogen (secondary N) is 3. The Balaban J connectivity index is 1.17. The van der Waals surface area contributed by atoms with Gasteiger partial charge in [0.05, 0.1) is 29.2 Å². The van der Waals surface area contributed by atoms with Gasteiger partial charge in [-0.05, 0) is 48.9 Å². The van der Waals surface area contributed by atoms with E-state index in [9.17, 15) is 4.79 Å². The Morgan fingerprint density at radius 1 is 0.796 bits per heavy atom. The number of ketones is 1. The van der Waals surface area contributed by atoms with E-state index < -0.39 is 6.23 Å². The van der Waals surface area contributed by atoms with Crippen molar-refractivity contribution in [3.63, 3.8) is 0 Å². The highest BCUT2D eigenvalue weighted by molar-refractivity contribution is 6.00. The number of ether oxygens (including phenoxy) is 3. The van der Waals surface area contributed by atoms with Crippen molar-refractivity contribution in [1.82, 2.24) is 39.9 Å². The maximum absolute atomic E-state index is 14.4. The zero-order valence-corrected chi connectivity index (χ0v) is 26.5. The summed E-state index contributed by atoms with van der Waals surface area (Å²) >= 11 is 0. The van der Waals surface area contributed by atoms with Crippen LogP contribution in [0.4, 0.5) is 0 Å². The van der Waals surface area contributed by atoms with Gasteiger partial charge in [-0.25, -0.2) is 9.97 Å². The van der Waals surface area contributed by atoms with Crippen LogP contribution in [-0.4, -0.2) is 52.8 Å². The molecule has 12 heteroatoms. The van der Waals surface area contributed by atoms with Gasteiger partial charge in [-0.3, -0.25) is 19.6 Å². The number of H-pyrrole nitrogens is 3. The number of methoxy groups -OCH3 is 1. The number of aromatic amines is 3. The molecule has 4 aromatic carbocycles. The lowest BCUT2D eigenvalue weighted by atomic mass is 10.1. The molecule has 4 heterocycles. The van der Waals surface area contributed by atoms with E-state index in [2.05, 4.69) is 30.4 Å². The van der Waals surface area contributed by atoms with Crippen LogP contribution in [0.25, 0.3) is 45.1 Å². The normalized spacial score (nSPS) is 12.0. The number of aryl methyl sites for hydroxylation is 1. The highest BCUT2D eigenvalue weighted by Crippen LogP contribution is 2.33. The number of aromatic nitrogens is 8. The Labute approximate surface area is 279 Å². The number of nitrogens with zero attached hydrogens (tertiary/aromatic N) is 5. The van der Waals surface area contributed by atoms with Gasteiger partial charge in [0.2, 0.25) is 23.8 Å². The van der Waals surface area contributed by atoms with Gasteiger partial charge in [-0.2, -0.15) is 0 Å². The van der Waals surface area contributed by atoms with E-state index in [1.165, 1.54) is 0 Å². The molecule has 1 atom stereocenters. The highest BCUT2D eigenvalue weighted by atomic mass is 16.5. The summed E-state index contributed by atoms with van der Waals surface area (Å²) in [5, 5.41) is 14.8. The molecular formula is C37H30N8O4. The summed E-state index contributed by atoms with van der Waals surface area (Å²) in [6.45, 7) is 2.25. The van der Waals surface area contributed by atoms with Crippen LogP contribution in [0.5, 0.6) is 17.5 Å². The van der Waals surface area contributed by atoms with Gasteiger partial charge in [0.15, 0.2) is 11.6 Å². The molecule has 0 saturated heterocycles. The minimum atomic E-state index is -1.19. The number of hydrogen-bond donors (Lipinski definition) is 3. The third-order valence-electron chi connectivity index (χ3n) is 8.14. The first-order valence-corrected chi connectivity index (χ1v) is 15.6. The molecule has 0 aliphatic heterocycles. The summed E-state index contributed by atoms with van der Waals surface area (Å²) in [6, 6.07) is 33.8. The summed E-state index contributed by atoms with van der Waals surface area (Å²) in [4.78, 5) is 27.3. The van der Waals surface area contributed by atoms with E-state index in [0.717, 1.165) is 27.9 Å². The van der Waals surface area contributed by atoms with Crippen molar-refractivity contribution >= 4 is 27.9 Å². The third-order valence-corrected chi connectivity index (χ3v) is 8.14. The van der Waals surface area contributed by atoms with Gasteiger partial charge in [-0.1, -0.05) is 66.2 Å². The summed E-state index contributed by atoms with van der Waals surface area (Å²) in [5.74, 6) is 2.05. The quantitative estimate of drug-likeness (QED) is 0.126. The average molecular weight is 651 g/mol. The van der Waals surface area contributed by atoms with Crippen LogP contribution in [0.15, 0.2) is 109 Å². The van der Waals surface area contributed by atoms with E-state index in [-0.39, 0.29) is 18.3 Å². The minimum absolute atomic E-state index is 0.205. The molecule has 49 heavy (non-hydrogen) atoms. The fraction of sp³-hybridized carbons (Fsp3) is 0.108. The van der Waals surface area contributed by atoms with Crippen molar-refractivity contribution in [2.45, 2.75) is 19.8 Å². The second-order valence-corrected chi connectivity index (χ2v) is 11.5. The van der Waals surface area contributed by atoms with Gasteiger partial charge in [-0.15, -0.1) is 10.2 Å². The van der Waals surface area contributed by atoms with E-state index >= 15 is 0 Å². The van der Waals surface area contributed by atoms with Crippen molar-refractivity contribution in [3.05, 3.63) is 126 Å². The zero-order valence-electron chi connectivity index (χ0n) is 26.5. The molecule has 0 aliphatic rings.